The van der Waals surface area contributed by atoms with Crippen LogP contribution < -0.4 is 11.5 Å². The van der Waals surface area contributed by atoms with Crippen LogP contribution >= 0.6 is 0 Å². The van der Waals surface area contributed by atoms with E-state index in [0.29, 0.717) is 6.54 Å². The summed E-state index contributed by atoms with van der Waals surface area (Å²) in [5.74, 6) is 0. The maximum absolute atomic E-state index is 5.99. The molecule has 7 heteroatoms. The molecule has 0 bridgehead atoms. The van der Waals surface area contributed by atoms with Crippen molar-refractivity contribution in [1.29, 1.82) is 0 Å². The fraction of sp³-hybridized carbons (Fsp3) is 0.394. The predicted molar refractivity (Wildman–Crippen MR) is 163 cm³/mol. The van der Waals surface area contributed by atoms with Crippen LogP contribution in [0.4, 0.5) is 0 Å². The molecule has 208 valence electrons. The van der Waals surface area contributed by atoms with Crippen LogP contribution in [-0.2, 0) is 32.4 Å². The van der Waals surface area contributed by atoms with Crippen molar-refractivity contribution in [2.24, 2.45) is 11.5 Å². The fourth-order valence-corrected chi connectivity index (χ4v) is 5.79. The minimum Gasteiger partial charge on any atom is -0.325 e. The minimum atomic E-state index is 0.282. The Morgan fingerprint density at radius 3 is 1.98 bits per heavy atom. The van der Waals surface area contributed by atoms with Gasteiger partial charge in [0.05, 0.1) is 46.6 Å². The topological polar surface area (TPSA) is 107 Å². The second kappa shape index (κ2) is 12.3. The molecule has 0 radical (unpaired) electrons. The molecule has 2 aromatic carbocycles. The van der Waals surface area contributed by atoms with E-state index in [1.807, 2.05) is 12.4 Å². The van der Waals surface area contributed by atoms with Crippen LogP contribution in [0.2, 0.25) is 0 Å². The van der Waals surface area contributed by atoms with Crippen LogP contribution in [0.5, 0.6) is 0 Å². The molecule has 2 aromatic heterocycles. The SMILES string of the molecule is CCCc1c(-c2cnc(CN3CC(N)C3)c(CC)n2)cccc1-c1cccc(-c2cnc(CN)c(CC)n2)c1C. The lowest BCUT2D eigenvalue weighted by molar-refractivity contribution is 0.140. The van der Waals surface area contributed by atoms with E-state index in [9.17, 15) is 0 Å². The summed E-state index contributed by atoms with van der Waals surface area (Å²) >= 11 is 0. The first kappa shape index (κ1) is 28.0. The van der Waals surface area contributed by atoms with Gasteiger partial charge in [-0.3, -0.25) is 14.9 Å². The summed E-state index contributed by atoms with van der Waals surface area (Å²) in [5.41, 5.74) is 24.9. The molecule has 1 saturated heterocycles. The van der Waals surface area contributed by atoms with Crippen molar-refractivity contribution in [2.75, 3.05) is 13.1 Å². The van der Waals surface area contributed by atoms with Gasteiger partial charge in [0.1, 0.15) is 0 Å². The van der Waals surface area contributed by atoms with Crippen molar-refractivity contribution in [3.63, 3.8) is 0 Å². The van der Waals surface area contributed by atoms with Gasteiger partial charge in [-0.1, -0.05) is 63.6 Å². The second-order valence-corrected chi connectivity index (χ2v) is 10.7. The van der Waals surface area contributed by atoms with E-state index >= 15 is 0 Å². The lowest BCUT2D eigenvalue weighted by Gasteiger charge is -2.36. The van der Waals surface area contributed by atoms with Gasteiger partial charge in [0.2, 0.25) is 0 Å². The lowest BCUT2D eigenvalue weighted by Crippen LogP contribution is -2.55. The highest BCUT2D eigenvalue weighted by Crippen LogP contribution is 2.37. The Balaban J connectivity index is 1.56. The van der Waals surface area contributed by atoms with Crippen LogP contribution in [0, 0.1) is 6.92 Å². The summed E-state index contributed by atoms with van der Waals surface area (Å²) in [4.78, 5) is 22.0. The quantitative estimate of drug-likeness (QED) is 0.285. The molecule has 5 rings (SSSR count). The molecular weight excluding hydrogens is 494 g/mol. The van der Waals surface area contributed by atoms with Crippen molar-refractivity contribution >= 4 is 0 Å². The zero-order valence-corrected chi connectivity index (χ0v) is 24.2. The van der Waals surface area contributed by atoms with Gasteiger partial charge in [-0.15, -0.1) is 0 Å². The molecule has 1 fully saturated rings. The monoisotopic (exact) mass is 535 g/mol. The summed E-state index contributed by atoms with van der Waals surface area (Å²) in [6.07, 6.45) is 7.46. The average molecular weight is 536 g/mol. The van der Waals surface area contributed by atoms with Crippen LogP contribution in [0.25, 0.3) is 33.6 Å². The molecular formula is C33H41N7. The number of benzene rings is 2. The molecule has 0 aliphatic carbocycles. The molecule has 40 heavy (non-hydrogen) atoms. The molecule has 1 aliphatic heterocycles. The highest BCUT2D eigenvalue weighted by atomic mass is 15.2. The molecule has 1 aliphatic rings. The fourth-order valence-electron chi connectivity index (χ4n) is 5.79. The van der Waals surface area contributed by atoms with E-state index in [1.54, 1.807) is 0 Å². The van der Waals surface area contributed by atoms with Crippen molar-refractivity contribution < 1.29 is 0 Å². The smallest absolute Gasteiger partial charge is 0.0891 e. The van der Waals surface area contributed by atoms with Gasteiger partial charge in [-0.05, 0) is 48.4 Å². The third kappa shape index (κ3) is 5.55. The molecule has 0 unspecified atom stereocenters. The van der Waals surface area contributed by atoms with E-state index in [4.69, 9.17) is 26.4 Å². The molecule has 4 aromatic rings. The number of nitrogens with two attached hydrogens (primary N) is 2. The zero-order chi connectivity index (χ0) is 28.2. The summed E-state index contributed by atoms with van der Waals surface area (Å²) < 4.78 is 0. The summed E-state index contributed by atoms with van der Waals surface area (Å²) in [6, 6.07) is 13.3. The van der Waals surface area contributed by atoms with Crippen molar-refractivity contribution in [3.05, 3.63) is 82.7 Å². The number of aromatic nitrogens is 4. The summed E-state index contributed by atoms with van der Waals surface area (Å²) in [5, 5.41) is 0. The largest absolute Gasteiger partial charge is 0.325 e. The zero-order valence-electron chi connectivity index (χ0n) is 24.2. The molecule has 0 saturated carbocycles. The van der Waals surface area contributed by atoms with Crippen molar-refractivity contribution in [2.45, 2.75) is 72.5 Å². The molecule has 7 nitrogen and oxygen atoms in total. The maximum atomic E-state index is 5.99. The van der Waals surface area contributed by atoms with Gasteiger partial charge >= 0.3 is 0 Å². The molecule has 0 atom stereocenters. The second-order valence-electron chi connectivity index (χ2n) is 10.7. The Morgan fingerprint density at radius 2 is 1.35 bits per heavy atom. The van der Waals surface area contributed by atoms with E-state index in [1.165, 1.54) is 22.3 Å². The molecule has 3 heterocycles. The van der Waals surface area contributed by atoms with E-state index < -0.39 is 0 Å². The number of hydrogen-bond donors (Lipinski definition) is 2. The highest BCUT2D eigenvalue weighted by molar-refractivity contribution is 5.82. The Morgan fingerprint density at radius 1 is 0.775 bits per heavy atom. The Bertz CT molecular complexity index is 1490. The Hall–Kier alpha value is -3.52. The normalized spacial score (nSPS) is 13.9. The van der Waals surface area contributed by atoms with Crippen LogP contribution in [0.15, 0.2) is 48.8 Å². The standard InChI is InChI=1S/C33H41N7/c1-5-10-25-26(23-11-8-12-24(21(23)4)31-16-36-30(15-34)28(6-2)38-31)13-9-14-27(25)32-17-37-33(29(7-3)39-32)20-40-18-22(35)19-40/h8-9,11-14,16-17,22H,5-7,10,15,18-20,34-35H2,1-4H3. The number of nitrogens with zero attached hydrogens (tertiary/aromatic N) is 5. The number of rotatable bonds is 10. The lowest BCUT2D eigenvalue weighted by atomic mass is 9.87. The molecule has 4 N–H and O–H groups in total. The van der Waals surface area contributed by atoms with Crippen molar-refractivity contribution in [3.8, 4) is 33.6 Å². The number of hydrogen-bond acceptors (Lipinski definition) is 7. The number of likely N-dealkylation sites (tertiary alicyclic amines) is 1. The van der Waals surface area contributed by atoms with E-state index in [-0.39, 0.29) is 6.04 Å². The predicted octanol–water partition coefficient (Wildman–Crippen LogP) is 5.25. The number of aryl methyl sites for hydroxylation is 2. The molecule has 0 spiro atoms. The van der Waals surface area contributed by atoms with Gasteiger partial charge < -0.3 is 11.5 Å². The van der Waals surface area contributed by atoms with Crippen LogP contribution in [0.3, 0.4) is 0 Å². The van der Waals surface area contributed by atoms with Crippen LogP contribution in [-0.4, -0.2) is 44.0 Å². The first-order chi connectivity index (χ1) is 19.5. The van der Waals surface area contributed by atoms with Crippen LogP contribution in [0.1, 0.15) is 61.1 Å². The first-order valence-electron chi connectivity index (χ1n) is 14.6. The summed E-state index contributed by atoms with van der Waals surface area (Å²) in [6.45, 7) is 11.7. The van der Waals surface area contributed by atoms with Gasteiger partial charge in [0.15, 0.2) is 0 Å². The van der Waals surface area contributed by atoms with Gasteiger partial charge in [0.25, 0.3) is 0 Å². The minimum absolute atomic E-state index is 0.282. The van der Waals surface area contributed by atoms with Gasteiger partial charge in [-0.25, -0.2) is 9.97 Å². The first-order valence-corrected chi connectivity index (χ1v) is 14.6. The van der Waals surface area contributed by atoms with Gasteiger partial charge in [0, 0.05) is 43.3 Å². The third-order valence-corrected chi connectivity index (χ3v) is 7.94. The van der Waals surface area contributed by atoms with E-state index in [0.717, 1.165) is 90.6 Å². The Labute approximate surface area is 238 Å². The summed E-state index contributed by atoms with van der Waals surface area (Å²) in [7, 11) is 0. The van der Waals surface area contributed by atoms with Gasteiger partial charge in [-0.2, -0.15) is 0 Å². The van der Waals surface area contributed by atoms with E-state index in [2.05, 4.69) is 74.0 Å². The highest BCUT2D eigenvalue weighted by Gasteiger charge is 2.24. The molecule has 0 amide bonds. The van der Waals surface area contributed by atoms with Crippen molar-refractivity contribution in [1.82, 2.24) is 24.8 Å². The average Bonchev–Trinajstić information content (AvgIpc) is 2.96. The Kier molecular flexibility index (Phi) is 8.64. The maximum Gasteiger partial charge on any atom is 0.0891 e. The third-order valence-electron chi connectivity index (χ3n) is 7.94.